The maximum absolute atomic E-state index is 13.9. The first-order valence-corrected chi connectivity index (χ1v) is 9.08. The number of aromatic nitrogens is 3. The summed E-state index contributed by atoms with van der Waals surface area (Å²) in [5.41, 5.74) is 1.98. The molecule has 2 aromatic rings. The number of aryl methyl sites for hydroxylation is 1. The number of halogens is 2. The number of carbonyl (C=O) groups is 1. The highest BCUT2D eigenvalue weighted by molar-refractivity contribution is 5.95. The minimum Gasteiger partial charge on any atom is -0.496 e. The zero-order chi connectivity index (χ0) is 19.8. The van der Waals surface area contributed by atoms with E-state index in [0.717, 1.165) is 24.6 Å². The number of rotatable bonds is 5. The Balaban J connectivity index is 1.62. The van der Waals surface area contributed by atoms with Crippen molar-refractivity contribution < 1.29 is 18.3 Å². The molecular formula is C20H20F2N4O2. The van der Waals surface area contributed by atoms with Crippen LogP contribution in [-0.2, 0) is 7.05 Å². The summed E-state index contributed by atoms with van der Waals surface area (Å²) in [6.45, 7) is 0. The Kier molecular flexibility index (Phi) is 4.70. The molecule has 2 aromatic heterocycles. The molecule has 0 aliphatic heterocycles. The summed E-state index contributed by atoms with van der Waals surface area (Å²) in [4.78, 5) is 17.0. The monoisotopic (exact) mass is 386 g/mol. The zero-order valence-corrected chi connectivity index (χ0v) is 15.6. The number of allylic oxidation sites excluding steroid dienone is 4. The first-order valence-electron chi connectivity index (χ1n) is 9.08. The van der Waals surface area contributed by atoms with Gasteiger partial charge in [0.25, 0.3) is 5.91 Å². The highest BCUT2D eigenvalue weighted by atomic mass is 19.1. The van der Waals surface area contributed by atoms with E-state index >= 15 is 0 Å². The fourth-order valence-electron chi connectivity index (χ4n) is 3.22. The summed E-state index contributed by atoms with van der Waals surface area (Å²) in [6.07, 6.45) is 4.93. The smallest absolute Gasteiger partial charge is 0.276 e. The number of alkyl halides is 1. The molecule has 28 heavy (non-hydrogen) atoms. The van der Waals surface area contributed by atoms with E-state index in [9.17, 15) is 13.6 Å². The fourth-order valence-corrected chi connectivity index (χ4v) is 3.22. The minimum absolute atomic E-state index is 0.0205. The Bertz CT molecular complexity index is 992. The molecule has 4 rings (SSSR count). The van der Waals surface area contributed by atoms with Crippen molar-refractivity contribution in [1.82, 2.24) is 20.1 Å². The molecular weight excluding hydrogens is 366 g/mol. The van der Waals surface area contributed by atoms with Crippen molar-refractivity contribution in [3.05, 3.63) is 53.4 Å². The Labute approximate surface area is 160 Å². The molecule has 0 radical (unpaired) electrons. The Morgan fingerprint density at radius 3 is 2.82 bits per heavy atom. The third kappa shape index (κ3) is 3.42. The second-order valence-corrected chi connectivity index (χ2v) is 6.94. The lowest BCUT2D eigenvalue weighted by Gasteiger charge is -2.15. The topological polar surface area (TPSA) is 69.0 Å². The van der Waals surface area contributed by atoms with Gasteiger partial charge in [0.2, 0.25) is 0 Å². The third-order valence-corrected chi connectivity index (χ3v) is 4.92. The SMILES string of the molecule is COc1cc(C2CC2)ncc1-c1cc(C(=O)NC2=C(F)C=CCC2F)nn1C. The summed E-state index contributed by atoms with van der Waals surface area (Å²) in [5, 5.41) is 6.49. The Morgan fingerprint density at radius 2 is 2.14 bits per heavy atom. The lowest BCUT2D eigenvalue weighted by atomic mass is 10.1. The van der Waals surface area contributed by atoms with Gasteiger partial charge in [-0.05, 0) is 25.0 Å². The van der Waals surface area contributed by atoms with Crippen LogP contribution in [0.15, 0.2) is 42.0 Å². The Morgan fingerprint density at radius 1 is 1.36 bits per heavy atom. The number of nitrogens with zero attached hydrogens (tertiary/aromatic N) is 3. The largest absolute Gasteiger partial charge is 0.496 e. The van der Waals surface area contributed by atoms with E-state index in [1.54, 1.807) is 26.4 Å². The molecule has 2 aliphatic carbocycles. The third-order valence-electron chi connectivity index (χ3n) is 4.92. The van der Waals surface area contributed by atoms with Gasteiger partial charge in [-0.15, -0.1) is 0 Å². The highest BCUT2D eigenvalue weighted by Gasteiger charge is 2.27. The van der Waals surface area contributed by atoms with Gasteiger partial charge in [0.15, 0.2) is 5.69 Å². The average molecular weight is 386 g/mol. The quantitative estimate of drug-likeness (QED) is 0.853. The molecule has 6 nitrogen and oxygen atoms in total. The molecule has 2 aliphatic rings. The lowest BCUT2D eigenvalue weighted by molar-refractivity contribution is 0.0951. The molecule has 1 amide bonds. The van der Waals surface area contributed by atoms with Crippen molar-refractivity contribution in [2.24, 2.45) is 7.05 Å². The second-order valence-electron chi connectivity index (χ2n) is 6.94. The van der Waals surface area contributed by atoms with Crippen LogP contribution in [0.4, 0.5) is 8.78 Å². The van der Waals surface area contributed by atoms with Crippen molar-refractivity contribution in [3.63, 3.8) is 0 Å². The molecule has 1 saturated carbocycles. The van der Waals surface area contributed by atoms with Crippen molar-refractivity contribution in [3.8, 4) is 17.0 Å². The highest BCUT2D eigenvalue weighted by Crippen LogP contribution is 2.41. The fraction of sp³-hybridized carbons (Fsp3) is 0.350. The number of nitrogens with one attached hydrogen (secondary N) is 1. The van der Waals surface area contributed by atoms with Crippen LogP contribution >= 0.6 is 0 Å². The van der Waals surface area contributed by atoms with E-state index in [2.05, 4.69) is 15.4 Å². The predicted molar refractivity (Wildman–Crippen MR) is 99.2 cm³/mol. The zero-order valence-electron chi connectivity index (χ0n) is 15.6. The van der Waals surface area contributed by atoms with Gasteiger partial charge in [-0.2, -0.15) is 5.10 Å². The van der Waals surface area contributed by atoms with Crippen LogP contribution in [0.3, 0.4) is 0 Å². The number of hydrogen-bond acceptors (Lipinski definition) is 4. The normalized spacial score (nSPS) is 19.1. The van der Waals surface area contributed by atoms with Crippen LogP contribution < -0.4 is 10.1 Å². The van der Waals surface area contributed by atoms with E-state index in [1.165, 1.54) is 10.8 Å². The maximum atomic E-state index is 13.9. The van der Waals surface area contributed by atoms with E-state index in [0.29, 0.717) is 22.9 Å². The molecule has 0 aromatic carbocycles. The first kappa shape index (κ1) is 18.3. The molecule has 0 bridgehead atoms. The molecule has 1 N–H and O–H groups in total. The summed E-state index contributed by atoms with van der Waals surface area (Å²) in [6, 6.07) is 3.46. The molecule has 0 saturated heterocycles. The Hall–Kier alpha value is -3.03. The molecule has 1 unspecified atom stereocenters. The van der Waals surface area contributed by atoms with Gasteiger partial charge in [-0.3, -0.25) is 14.5 Å². The van der Waals surface area contributed by atoms with Crippen LogP contribution in [0, 0.1) is 0 Å². The van der Waals surface area contributed by atoms with Gasteiger partial charge >= 0.3 is 0 Å². The van der Waals surface area contributed by atoms with Crippen LogP contribution in [0.5, 0.6) is 5.75 Å². The number of pyridine rings is 1. The van der Waals surface area contributed by atoms with E-state index in [1.807, 2.05) is 6.07 Å². The number of methoxy groups -OCH3 is 1. The van der Waals surface area contributed by atoms with Gasteiger partial charge < -0.3 is 10.1 Å². The standard InChI is InChI=1S/C20H20F2N4O2/c1-26-17(12-10-23-15(11-6-7-11)9-18(12)28-2)8-16(25-26)20(27)24-19-13(21)4-3-5-14(19)22/h3-4,8-11,14H,5-7H2,1-2H3,(H,24,27). The first-order chi connectivity index (χ1) is 13.5. The predicted octanol–water partition coefficient (Wildman–Crippen LogP) is 3.58. The van der Waals surface area contributed by atoms with Crippen LogP contribution in [0.1, 0.15) is 41.4 Å². The van der Waals surface area contributed by atoms with Gasteiger partial charge in [0, 0.05) is 37.3 Å². The van der Waals surface area contributed by atoms with Gasteiger partial charge in [-0.1, -0.05) is 6.08 Å². The number of ether oxygens (including phenoxy) is 1. The summed E-state index contributed by atoms with van der Waals surface area (Å²) < 4.78 is 34.7. The van der Waals surface area contributed by atoms with Gasteiger partial charge in [-0.25, -0.2) is 8.78 Å². The molecule has 0 spiro atoms. The molecule has 1 atom stereocenters. The second kappa shape index (κ2) is 7.18. The van der Waals surface area contributed by atoms with Crippen LogP contribution in [0.2, 0.25) is 0 Å². The molecule has 146 valence electrons. The van der Waals surface area contributed by atoms with E-state index in [4.69, 9.17) is 4.74 Å². The molecule has 2 heterocycles. The van der Waals surface area contributed by atoms with E-state index < -0.39 is 17.9 Å². The number of amides is 1. The van der Waals surface area contributed by atoms with Crippen molar-refractivity contribution in [2.75, 3.05) is 7.11 Å². The minimum atomic E-state index is -1.59. The van der Waals surface area contributed by atoms with Gasteiger partial charge in [0.1, 0.15) is 17.7 Å². The molecule has 1 fully saturated rings. The van der Waals surface area contributed by atoms with Crippen LogP contribution in [0.25, 0.3) is 11.3 Å². The number of carbonyl (C=O) groups excluding carboxylic acids is 1. The lowest BCUT2D eigenvalue weighted by Crippen LogP contribution is -2.30. The number of hydrogen-bond donors (Lipinski definition) is 1. The summed E-state index contributed by atoms with van der Waals surface area (Å²) >= 11 is 0. The van der Waals surface area contributed by atoms with Gasteiger partial charge in [0.05, 0.1) is 24.1 Å². The average Bonchev–Trinajstić information content (AvgIpc) is 3.46. The van der Waals surface area contributed by atoms with Crippen LogP contribution in [-0.4, -0.2) is 34.0 Å². The summed E-state index contributed by atoms with van der Waals surface area (Å²) in [7, 11) is 3.26. The van der Waals surface area contributed by atoms with Crippen molar-refractivity contribution in [1.29, 1.82) is 0 Å². The summed E-state index contributed by atoms with van der Waals surface area (Å²) in [5.74, 6) is -0.338. The van der Waals surface area contributed by atoms with Crippen molar-refractivity contribution in [2.45, 2.75) is 31.4 Å². The van der Waals surface area contributed by atoms with E-state index in [-0.39, 0.29) is 17.8 Å². The maximum Gasteiger partial charge on any atom is 0.276 e. The molecule has 8 heteroatoms. The van der Waals surface area contributed by atoms with Crippen molar-refractivity contribution >= 4 is 5.91 Å².